The topological polar surface area (TPSA) is 29.1 Å². The summed E-state index contributed by atoms with van der Waals surface area (Å²) in [7, 11) is 0. The van der Waals surface area contributed by atoms with Crippen molar-refractivity contribution in [1.82, 2.24) is 5.32 Å². The molecular weight excluding hydrogens is 230 g/mol. The van der Waals surface area contributed by atoms with Gasteiger partial charge in [0.1, 0.15) is 0 Å². The Kier molecular flexibility index (Phi) is 4.17. The minimum absolute atomic E-state index is 0.0103. The number of rotatable bonds is 4. The summed E-state index contributed by atoms with van der Waals surface area (Å²) < 4.78 is 0. The molecule has 1 heterocycles. The molecule has 15 heavy (non-hydrogen) atoms. The van der Waals surface area contributed by atoms with Crippen molar-refractivity contribution in [2.75, 3.05) is 5.88 Å². The van der Waals surface area contributed by atoms with Gasteiger partial charge in [0, 0.05) is 16.8 Å². The van der Waals surface area contributed by atoms with Crippen LogP contribution < -0.4 is 5.32 Å². The third-order valence-electron chi connectivity index (χ3n) is 2.27. The molecule has 0 saturated carbocycles. The van der Waals surface area contributed by atoms with Crippen molar-refractivity contribution < 1.29 is 4.79 Å². The lowest BCUT2D eigenvalue weighted by molar-refractivity contribution is 0.0911. The molecule has 0 unspecified atom stereocenters. The third kappa shape index (κ3) is 3.50. The van der Waals surface area contributed by atoms with Crippen LogP contribution in [-0.2, 0) is 0 Å². The molecule has 0 radical (unpaired) electrons. The van der Waals surface area contributed by atoms with Crippen LogP contribution in [0.5, 0.6) is 0 Å². The standard InChI is InChI=1S/C11H16ClNOS/c1-8-6-15-7-9(8)10(14)13-11(2,3)4-5-12/h6-7H,4-5H2,1-3H3,(H,13,14). The Labute approximate surface area is 99.6 Å². The number of hydrogen-bond donors (Lipinski definition) is 1. The largest absolute Gasteiger partial charge is 0.347 e. The van der Waals surface area contributed by atoms with Crippen LogP contribution in [0.2, 0.25) is 0 Å². The second-order valence-corrected chi connectivity index (χ2v) is 5.37. The summed E-state index contributed by atoms with van der Waals surface area (Å²) >= 11 is 7.22. The van der Waals surface area contributed by atoms with E-state index < -0.39 is 0 Å². The maximum Gasteiger partial charge on any atom is 0.252 e. The Morgan fingerprint density at radius 1 is 1.53 bits per heavy atom. The van der Waals surface area contributed by atoms with Gasteiger partial charge in [-0.05, 0) is 38.1 Å². The molecule has 4 heteroatoms. The maximum absolute atomic E-state index is 11.9. The van der Waals surface area contributed by atoms with E-state index in [1.165, 1.54) is 0 Å². The molecule has 0 atom stereocenters. The highest BCUT2D eigenvalue weighted by Crippen LogP contribution is 2.16. The molecule has 0 bridgehead atoms. The normalized spacial score (nSPS) is 11.5. The van der Waals surface area contributed by atoms with Crippen LogP contribution in [-0.4, -0.2) is 17.3 Å². The summed E-state index contributed by atoms with van der Waals surface area (Å²) in [6, 6.07) is 0. The number of aryl methyl sites for hydroxylation is 1. The summed E-state index contributed by atoms with van der Waals surface area (Å²) in [6.07, 6.45) is 0.767. The zero-order chi connectivity index (χ0) is 11.5. The number of halogens is 1. The van der Waals surface area contributed by atoms with Gasteiger partial charge in [0.25, 0.3) is 5.91 Å². The van der Waals surface area contributed by atoms with Gasteiger partial charge >= 0.3 is 0 Å². The second-order valence-electron chi connectivity index (χ2n) is 4.25. The molecule has 1 amide bonds. The highest BCUT2D eigenvalue weighted by molar-refractivity contribution is 7.08. The molecular formula is C11H16ClNOS. The molecule has 0 aliphatic carbocycles. The van der Waals surface area contributed by atoms with E-state index in [-0.39, 0.29) is 11.4 Å². The summed E-state index contributed by atoms with van der Waals surface area (Å²) in [6.45, 7) is 5.91. The SMILES string of the molecule is Cc1cscc1C(=O)NC(C)(C)CCCl. The lowest BCUT2D eigenvalue weighted by Gasteiger charge is -2.25. The lowest BCUT2D eigenvalue weighted by Crippen LogP contribution is -2.43. The zero-order valence-electron chi connectivity index (χ0n) is 9.26. The van der Waals surface area contributed by atoms with Crippen molar-refractivity contribution in [3.8, 4) is 0 Å². The van der Waals surface area contributed by atoms with Crippen molar-refractivity contribution >= 4 is 28.8 Å². The van der Waals surface area contributed by atoms with Gasteiger partial charge in [-0.3, -0.25) is 4.79 Å². The average Bonchev–Trinajstić information content (AvgIpc) is 2.50. The summed E-state index contributed by atoms with van der Waals surface area (Å²) in [5.74, 6) is 0.541. The maximum atomic E-state index is 11.9. The van der Waals surface area contributed by atoms with E-state index in [9.17, 15) is 4.79 Å². The van der Waals surface area contributed by atoms with E-state index in [1.807, 2.05) is 31.5 Å². The van der Waals surface area contributed by atoms with Crippen molar-refractivity contribution in [3.63, 3.8) is 0 Å². The van der Waals surface area contributed by atoms with Crippen LogP contribution in [0.25, 0.3) is 0 Å². The fourth-order valence-electron chi connectivity index (χ4n) is 1.27. The molecule has 0 aliphatic rings. The Hall–Kier alpha value is -0.540. The van der Waals surface area contributed by atoms with Crippen LogP contribution in [0.1, 0.15) is 36.2 Å². The number of carbonyl (C=O) groups excluding carboxylic acids is 1. The fourth-order valence-corrected chi connectivity index (χ4v) is 2.57. The Morgan fingerprint density at radius 3 is 2.67 bits per heavy atom. The van der Waals surface area contributed by atoms with Crippen LogP contribution >= 0.6 is 22.9 Å². The van der Waals surface area contributed by atoms with Gasteiger partial charge in [-0.2, -0.15) is 11.3 Å². The highest BCUT2D eigenvalue weighted by atomic mass is 35.5. The minimum atomic E-state index is -0.243. The van der Waals surface area contributed by atoms with E-state index in [4.69, 9.17) is 11.6 Å². The number of nitrogens with one attached hydrogen (secondary N) is 1. The van der Waals surface area contributed by atoms with Gasteiger partial charge in [-0.1, -0.05) is 0 Å². The quantitative estimate of drug-likeness (QED) is 0.811. The number of amides is 1. The molecule has 0 aromatic carbocycles. The molecule has 1 aromatic heterocycles. The summed E-state index contributed by atoms with van der Waals surface area (Å²) in [4.78, 5) is 11.9. The van der Waals surface area contributed by atoms with Crippen molar-refractivity contribution in [3.05, 3.63) is 21.9 Å². The van der Waals surface area contributed by atoms with Gasteiger partial charge in [0.2, 0.25) is 0 Å². The first kappa shape index (κ1) is 12.5. The Morgan fingerprint density at radius 2 is 2.20 bits per heavy atom. The van der Waals surface area contributed by atoms with Gasteiger partial charge in [0.05, 0.1) is 5.56 Å². The van der Waals surface area contributed by atoms with Crippen LogP contribution in [0.3, 0.4) is 0 Å². The molecule has 84 valence electrons. The molecule has 2 nitrogen and oxygen atoms in total. The predicted molar refractivity (Wildman–Crippen MR) is 65.9 cm³/mol. The van der Waals surface area contributed by atoms with Gasteiger partial charge in [0.15, 0.2) is 0 Å². The van der Waals surface area contributed by atoms with Crippen LogP contribution in [0.15, 0.2) is 10.8 Å². The van der Waals surface area contributed by atoms with Gasteiger partial charge in [-0.25, -0.2) is 0 Å². The Bertz CT molecular complexity index is 346. The lowest BCUT2D eigenvalue weighted by atomic mass is 10.0. The molecule has 1 aromatic rings. The first-order chi connectivity index (χ1) is 6.96. The average molecular weight is 246 g/mol. The van der Waals surface area contributed by atoms with Crippen molar-refractivity contribution in [2.45, 2.75) is 32.7 Å². The Balaban J connectivity index is 2.68. The molecule has 0 saturated heterocycles. The minimum Gasteiger partial charge on any atom is -0.347 e. The summed E-state index contributed by atoms with van der Waals surface area (Å²) in [5, 5.41) is 6.84. The van der Waals surface area contributed by atoms with E-state index in [2.05, 4.69) is 5.32 Å². The first-order valence-corrected chi connectivity index (χ1v) is 6.35. The van der Waals surface area contributed by atoms with Gasteiger partial charge < -0.3 is 5.32 Å². The first-order valence-electron chi connectivity index (χ1n) is 4.87. The van der Waals surface area contributed by atoms with E-state index in [1.54, 1.807) is 11.3 Å². The predicted octanol–water partition coefficient (Wildman–Crippen LogP) is 3.19. The van der Waals surface area contributed by atoms with E-state index in [0.29, 0.717) is 5.88 Å². The molecule has 0 fully saturated rings. The number of carbonyl (C=O) groups is 1. The van der Waals surface area contributed by atoms with Crippen LogP contribution in [0.4, 0.5) is 0 Å². The molecule has 0 spiro atoms. The van der Waals surface area contributed by atoms with Gasteiger partial charge in [-0.15, -0.1) is 11.6 Å². The zero-order valence-corrected chi connectivity index (χ0v) is 10.8. The highest BCUT2D eigenvalue weighted by Gasteiger charge is 2.21. The number of hydrogen-bond acceptors (Lipinski definition) is 2. The molecule has 1 rings (SSSR count). The summed E-state index contributed by atoms with van der Waals surface area (Å²) in [5.41, 5.74) is 1.55. The van der Waals surface area contributed by atoms with E-state index in [0.717, 1.165) is 17.5 Å². The fraction of sp³-hybridized carbons (Fsp3) is 0.545. The van der Waals surface area contributed by atoms with Crippen molar-refractivity contribution in [1.29, 1.82) is 0 Å². The van der Waals surface area contributed by atoms with Crippen LogP contribution in [0, 0.1) is 6.92 Å². The smallest absolute Gasteiger partial charge is 0.252 e. The number of alkyl halides is 1. The molecule has 1 N–H and O–H groups in total. The number of thiophene rings is 1. The van der Waals surface area contributed by atoms with Crippen molar-refractivity contribution in [2.24, 2.45) is 0 Å². The third-order valence-corrected chi connectivity index (χ3v) is 3.32. The monoisotopic (exact) mass is 245 g/mol. The van der Waals surface area contributed by atoms with E-state index >= 15 is 0 Å². The second kappa shape index (κ2) is 4.99. The molecule has 0 aliphatic heterocycles.